The number of rotatable bonds is 7. The van der Waals surface area contributed by atoms with Crippen molar-refractivity contribution in [1.29, 1.82) is 0 Å². The Morgan fingerprint density at radius 2 is 1.93 bits per heavy atom. The zero-order valence-corrected chi connectivity index (χ0v) is 16.3. The van der Waals surface area contributed by atoms with Crippen LogP contribution >= 0.6 is 11.3 Å². The highest BCUT2D eigenvalue weighted by atomic mass is 32.1. The molecule has 0 aliphatic rings. The Morgan fingerprint density at radius 3 is 2.61 bits per heavy atom. The molecule has 2 aromatic carbocycles. The van der Waals surface area contributed by atoms with Gasteiger partial charge in [0.25, 0.3) is 0 Å². The topological polar surface area (TPSA) is 68.3 Å². The number of nitrogens with zero attached hydrogens (tertiary/aromatic N) is 1. The van der Waals surface area contributed by atoms with Gasteiger partial charge in [-0.25, -0.2) is 9.37 Å². The van der Waals surface area contributed by atoms with Crippen molar-refractivity contribution in [1.82, 2.24) is 4.98 Å². The molecule has 1 heterocycles. The molecule has 0 fully saturated rings. The van der Waals surface area contributed by atoms with E-state index in [4.69, 9.17) is 4.74 Å². The molecule has 144 valence electrons. The zero-order chi connectivity index (χ0) is 20.1. The number of benzene rings is 2. The Morgan fingerprint density at radius 1 is 1.18 bits per heavy atom. The van der Waals surface area contributed by atoms with Crippen LogP contribution in [0.5, 0.6) is 5.75 Å². The lowest BCUT2D eigenvalue weighted by molar-refractivity contribution is -0.115. The second-order valence-corrected chi connectivity index (χ2v) is 7.25. The maximum Gasteiger partial charge on any atom is 0.231 e. The van der Waals surface area contributed by atoms with Crippen molar-refractivity contribution in [2.75, 3.05) is 5.32 Å². The van der Waals surface area contributed by atoms with Gasteiger partial charge in [0.15, 0.2) is 5.78 Å². The number of ether oxygens (including phenoxy) is 1. The molecule has 1 amide bonds. The first-order valence-electron chi connectivity index (χ1n) is 8.64. The first-order chi connectivity index (χ1) is 13.4. The van der Waals surface area contributed by atoms with E-state index >= 15 is 0 Å². The summed E-state index contributed by atoms with van der Waals surface area (Å²) in [6.07, 6.45) is 0.167. The summed E-state index contributed by atoms with van der Waals surface area (Å²) in [4.78, 5) is 27.8. The SMILES string of the molecule is CC(=O)c1ccc(OCc2csc(CC(=O)Nc3ccc(C)cc3)n2)cc1F. The number of hydrogen-bond acceptors (Lipinski definition) is 5. The second-order valence-electron chi connectivity index (χ2n) is 6.31. The molecular weight excluding hydrogens is 379 g/mol. The first kappa shape index (κ1) is 19.7. The second kappa shape index (κ2) is 8.75. The van der Waals surface area contributed by atoms with Gasteiger partial charge in [-0.2, -0.15) is 0 Å². The van der Waals surface area contributed by atoms with Gasteiger partial charge in [0.2, 0.25) is 5.91 Å². The summed E-state index contributed by atoms with van der Waals surface area (Å²) in [5, 5.41) is 5.30. The molecule has 0 spiro atoms. The van der Waals surface area contributed by atoms with Crippen LogP contribution in [0.1, 0.15) is 33.5 Å². The molecule has 3 rings (SSSR count). The molecule has 0 saturated heterocycles. The molecular formula is C21H19FN2O3S. The molecule has 3 aromatic rings. The Balaban J connectivity index is 1.54. The minimum atomic E-state index is -0.614. The predicted octanol–water partition coefficient (Wildman–Crippen LogP) is 4.55. The number of ketones is 1. The third kappa shape index (κ3) is 5.23. The Kier molecular flexibility index (Phi) is 6.16. The molecule has 0 saturated carbocycles. The van der Waals surface area contributed by atoms with E-state index in [1.54, 1.807) is 11.4 Å². The van der Waals surface area contributed by atoms with E-state index < -0.39 is 5.82 Å². The van der Waals surface area contributed by atoms with Gasteiger partial charge in [-0.1, -0.05) is 17.7 Å². The number of Topliss-reactive ketones (excluding diaryl/α,β-unsaturated/α-hetero) is 1. The molecule has 1 aromatic heterocycles. The van der Waals surface area contributed by atoms with Crippen LogP contribution in [0, 0.1) is 12.7 Å². The summed E-state index contributed by atoms with van der Waals surface area (Å²) in [6.45, 7) is 3.44. The normalized spacial score (nSPS) is 10.5. The van der Waals surface area contributed by atoms with Gasteiger partial charge in [0.1, 0.15) is 23.2 Å². The maximum atomic E-state index is 13.8. The van der Waals surface area contributed by atoms with E-state index in [1.807, 2.05) is 31.2 Å². The van der Waals surface area contributed by atoms with Crippen LogP contribution in [-0.2, 0) is 17.8 Å². The zero-order valence-electron chi connectivity index (χ0n) is 15.5. The van der Waals surface area contributed by atoms with Crippen molar-refractivity contribution in [2.24, 2.45) is 0 Å². The highest BCUT2D eigenvalue weighted by molar-refractivity contribution is 7.09. The van der Waals surface area contributed by atoms with Crippen LogP contribution in [0.15, 0.2) is 47.8 Å². The van der Waals surface area contributed by atoms with Gasteiger partial charge in [-0.15, -0.1) is 11.3 Å². The highest BCUT2D eigenvalue weighted by Crippen LogP contribution is 2.19. The van der Waals surface area contributed by atoms with Crippen LogP contribution in [0.25, 0.3) is 0 Å². The summed E-state index contributed by atoms with van der Waals surface area (Å²) in [6, 6.07) is 11.7. The largest absolute Gasteiger partial charge is 0.487 e. The number of carbonyl (C=O) groups excluding carboxylic acids is 2. The number of hydrogen-bond donors (Lipinski definition) is 1. The number of thiazole rings is 1. The number of carbonyl (C=O) groups is 2. The van der Waals surface area contributed by atoms with Crippen molar-refractivity contribution < 1.29 is 18.7 Å². The van der Waals surface area contributed by atoms with Crippen molar-refractivity contribution in [3.05, 3.63) is 75.5 Å². The van der Waals surface area contributed by atoms with Crippen LogP contribution < -0.4 is 10.1 Å². The van der Waals surface area contributed by atoms with Gasteiger partial charge >= 0.3 is 0 Å². The molecule has 0 radical (unpaired) electrons. The molecule has 0 bridgehead atoms. The molecule has 7 heteroatoms. The third-order valence-corrected chi connectivity index (χ3v) is 4.85. The Hall–Kier alpha value is -3.06. The van der Waals surface area contributed by atoms with Gasteiger partial charge in [0.05, 0.1) is 17.7 Å². The van der Waals surface area contributed by atoms with E-state index in [0.29, 0.717) is 16.5 Å². The lowest BCUT2D eigenvalue weighted by Crippen LogP contribution is -2.14. The van der Waals surface area contributed by atoms with Gasteiger partial charge in [0, 0.05) is 17.1 Å². The minimum Gasteiger partial charge on any atom is -0.487 e. The summed E-state index contributed by atoms with van der Waals surface area (Å²) in [7, 11) is 0. The Bertz CT molecular complexity index is 999. The number of nitrogens with one attached hydrogen (secondary N) is 1. The standard InChI is InChI=1S/C21H19FN2O3S/c1-13-3-5-15(6-4-13)23-20(26)10-21-24-16(12-28-21)11-27-17-7-8-18(14(2)25)19(22)9-17/h3-9,12H,10-11H2,1-2H3,(H,23,26). The Labute approximate surface area is 166 Å². The highest BCUT2D eigenvalue weighted by Gasteiger charge is 2.11. The van der Waals surface area contributed by atoms with E-state index in [2.05, 4.69) is 10.3 Å². The third-order valence-electron chi connectivity index (χ3n) is 3.95. The van der Waals surface area contributed by atoms with Crippen molar-refractivity contribution in [2.45, 2.75) is 26.9 Å². The smallest absolute Gasteiger partial charge is 0.231 e. The minimum absolute atomic E-state index is 0.0304. The van der Waals surface area contributed by atoms with Crippen LogP contribution in [-0.4, -0.2) is 16.7 Å². The quantitative estimate of drug-likeness (QED) is 0.593. The van der Waals surface area contributed by atoms with Gasteiger partial charge < -0.3 is 10.1 Å². The lowest BCUT2D eigenvalue weighted by atomic mass is 10.1. The fourth-order valence-corrected chi connectivity index (χ4v) is 3.28. The van der Waals surface area contributed by atoms with E-state index in [-0.39, 0.29) is 30.3 Å². The molecule has 28 heavy (non-hydrogen) atoms. The van der Waals surface area contributed by atoms with Crippen LogP contribution in [0.4, 0.5) is 10.1 Å². The first-order valence-corrected chi connectivity index (χ1v) is 9.52. The maximum absolute atomic E-state index is 13.8. The van der Waals surface area contributed by atoms with Crippen molar-refractivity contribution in [3.63, 3.8) is 0 Å². The van der Waals surface area contributed by atoms with Crippen molar-refractivity contribution in [3.8, 4) is 5.75 Å². The molecule has 1 N–H and O–H groups in total. The molecule has 0 aliphatic carbocycles. The predicted molar refractivity (Wildman–Crippen MR) is 106 cm³/mol. The van der Waals surface area contributed by atoms with Crippen molar-refractivity contribution >= 4 is 28.7 Å². The van der Waals surface area contributed by atoms with E-state index in [0.717, 1.165) is 11.3 Å². The molecule has 0 unspecified atom stereocenters. The summed E-state index contributed by atoms with van der Waals surface area (Å²) < 4.78 is 19.3. The summed E-state index contributed by atoms with van der Waals surface area (Å²) >= 11 is 1.36. The average molecular weight is 398 g/mol. The average Bonchev–Trinajstić information content (AvgIpc) is 3.09. The molecule has 0 atom stereocenters. The van der Waals surface area contributed by atoms with Gasteiger partial charge in [-0.3, -0.25) is 9.59 Å². The number of aryl methyl sites for hydroxylation is 1. The van der Waals surface area contributed by atoms with Crippen LogP contribution in [0.3, 0.4) is 0 Å². The van der Waals surface area contributed by atoms with E-state index in [1.165, 1.54) is 30.4 Å². The number of aromatic nitrogens is 1. The summed E-state index contributed by atoms with van der Waals surface area (Å²) in [5.74, 6) is -0.782. The van der Waals surface area contributed by atoms with Gasteiger partial charge in [-0.05, 0) is 38.1 Å². The summed E-state index contributed by atoms with van der Waals surface area (Å²) in [5.41, 5.74) is 2.55. The van der Waals surface area contributed by atoms with Crippen LogP contribution in [0.2, 0.25) is 0 Å². The number of amides is 1. The number of anilines is 1. The fraction of sp³-hybridized carbons (Fsp3) is 0.190. The fourth-order valence-electron chi connectivity index (χ4n) is 2.50. The monoisotopic (exact) mass is 398 g/mol. The van der Waals surface area contributed by atoms with E-state index in [9.17, 15) is 14.0 Å². The molecule has 5 nitrogen and oxygen atoms in total. The molecule has 0 aliphatic heterocycles. The number of halogens is 1. The lowest BCUT2D eigenvalue weighted by Gasteiger charge is -2.06.